The Balaban J connectivity index is 1.35. The van der Waals surface area contributed by atoms with E-state index in [0.29, 0.717) is 58.0 Å². The summed E-state index contributed by atoms with van der Waals surface area (Å²) in [5.74, 6) is -1.11. The predicted molar refractivity (Wildman–Crippen MR) is 104 cm³/mol. The number of nitrogens with zero attached hydrogens (tertiary/aromatic N) is 7. The monoisotopic (exact) mass is 413 g/mol. The minimum Gasteiger partial charge on any atom is -0.378 e. The molecule has 0 saturated carbocycles. The van der Waals surface area contributed by atoms with Gasteiger partial charge in [0.1, 0.15) is 6.33 Å². The molecule has 1 aromatic carbocycles. The molecule has 3 heterocycles. The number of aryl methyl sites for hydroxylation is 1. The molecule has 2 aliphatic rings. The summed E-state index contributed by atoms with van der Waals surface area (Å²) in [6.45, 7) is 5.10. The Morgan fingerprint density at radius 3 is 2.13 bits per heavy atom. The highest BCUT2D eigenvalue weighted by atomic mass is 16.5. The van der Waals surface area contributed by atoms with E-state index >= 15 is 0 Å². The van der Waals surface area contributed by atoms with Crippen molar-refractivity contribution in [3.8, 4) is 5.69 Å². The van der Waals surface area contributed by atoms with E-state index < -0.39 is 11.8 Å². The van der Waals surface area contributed by atoms with E-state index in [0.717, 1.165) is 11.3 Å². The van der Waals surface area contributed by atoms with Gasteiger partial charge in [-0.25, -0.2) is 4.68 Å². The Kier molecular flexibility index (Phi) is 5.70. The van der Waals surface area contributed by atoms with Crippen LogP contribution in [0.4, 0.5) is 0 Å². The lowest BCUT2D eigenvalue weighted by Crippen LogP contribution is -2.55. The number of morpholine rings is 1. The minimum absolute atomic E-state index is 0.104. The molecule has 0 bridgehead atoms. The van der Waals surface area contributed by atoms with Crippen LogP contribution >= 0.6 is 0 Å². The van der Waals surface area contributed by atoms with Crippen LogP contribution in [-0.2, 0) is 14.3 Å². The van der Waals surface area contributed by atoms with Gasteiger partial charge in [-0.15, -0.1) is 5.10 Å². The number of amides is 3. The Hall–Kier alpha value is -3.34. The number of rotatable bonds is 2. The van der Waals surface area contributed by atoms with Gasteiger partial charge in [0.05, 0.1) is 18.9 Å². The number of carbonyl (C=O) groups excluding carboxylic acids is 3. The van der Waals surface area contributed by atoms with Crippen LogP contribution in [0.3, 0.4) is 0 Å². The van der Waals surface area contributed by atoms with E-state index in [1.165, 1.54) is 16.1 Å². The number of tetrazole rings is 1. The van der Waals surface area contributed by atoms with Crippen molar-refractivity contribution in [2.45, 2.75) is 6.92 Å². The summed E-state index contributed by atoms with van der Waals surface area (Å²) in [4.78, 5) is 42.5. The van der Waals surface area contributed by atoms with E-state index in [-0.39, 0.29) is 5.91 Å². The highest BCUT2D eigenvalue weighted by Gasteiger charge is 2.31. The standard InChI is InChI=1S/C19H23N7O4/c1-14-12-15(2-3-16(14)26-13-20-21-22-26)17(27)23-4-6-24(7-5-23)18(28)19(29)25-8-10-30-11-9-25/h2-3,12-13H,4-11H2,1H3. The van der Waals surface area contributed by atoms with Crippen molar-refractivity contribution in [1.82, 2.24) is 34.9 Å². The number of benzene rings is 1. The van der Waals surface area contributed by atoms with E-state index in [2.05, 4.69) is 15.5 Å². The van der Waals surface area contributed by atoms with Gasteiger partial charge in [-0.1, -0.05) is 0 Å². The van der Waals surface area contributed by atoms with Crippen LogP contribution in [0.15, 0.2) is 24.5 Å². The molecule has 3 amide bonds. The highest BCUT2D eigenvalue weighted by Crippen LogP contribution is 2.17. The molecule has 30 heavy (non-hydrogen) atoms. The molecule has 2 aromatic rings. The summed E-state index contributed by atoms with van der Waals surface area (Å²) in [7, 11) is 0. The average molecular weight is 413 g/mol. The van der Waals surface area contributed by atoms with Gasteiger partial charge >= 0.3 is 11.8 Å². The molecule has 1 aromatic heterocycles. The molecule has 0 N–H and O–H groups in total. The zero-order valence-electron chi connectivity index (χ0n) is 16.7. The second-order valence-electron chi connectivity index (χ2n) is 7.24. The van der Waals surface area contributed by atoms with Crippen LogP contribution in [0.2, 0.25) is 0 Å². The quantitative estimate of drug-likeness (QED) is 0.587. The fourth-order valence-electron chi connectivity index (χ4n) is 3.65. The molecule has 0 unspecified atom stereocenters. The maximum Gasteiger partial charge on any atom is 0.312 e. The number of aromatic nitrogens is 4. The zero-order chi connectivity index (χ0) is 21.1. The van der Waals surface area contributed by atoms with Gasteiger partial charge in [-0.3, -0.25) is 14.4 Å². The van der Waals surface area contributed by atoms with Gasteiger partial charge in [0.15, 0.2) is 0 Å². The van der Waals surface area contributed by atoms with E-state index in [1.807, 2.05) is 6.92 Å². The van der Waals surface area contributed by atoms with Gasteiger partial charge in [0.25, 0.3) is 5.91 Å². The SMILES string of the molecule is Cc1cc(C(=O)N2CCN(C(=O)C(=O)N3CCOCC3)CC2)ccc1-n1cnnn1. The molecule has 2 fully saturated rings. The fraction of sp³-hybridized carbons (Fsp3) is 0.474. The van der Waals surface area contributed by atoms with Crippen LogP contribution < -0.4 is 0 Å². The van der Waals surface area contributed by atoms with Crippen LogP contribution in [0.5, 0.6) is 0 Å². The molecular weight excluding hydrogens is 390 g/mol. The van der Waals surface area contributed by atoms with Crippen LogP contribution in [0.25, 0.3) is 5.69 Å². The fourth-order valence-corrected chi connectivity index (χ4v) is 3.65. The van der Waals surface area contributed by atoms with Crippen molar-refractivity contribution >= 4 is 17.7 Å². The van der Waals surface area contributed by atoms with Crippen molar-refractivity contribution < 1.29 is 19.1 Å². The molecule has 0 spiro atoms. The summed E-state index contributed by atoms with van der Waals surface area (Å²) < 4.78 is 6.76. The van der Waals surface area contributed by atoms with Gasteiger partial charge in [-0.05, 0) is 41.1 Å². The first kappa shape index (κ1) is 20.0. The summed E-state index contributed by atoms with van der Waals surface area (Å²) in [6, 6.07) is 5.35. The molecule has 11 heteroatoms. The number of hydrogen-bond donors (Lipinski definition) is 0. The molecule has 2 saturated heterocycles. The molecular formula is C19H23N7O4. The van der Waals surface area contributed by atoms with Crippen LogP contribution in [-0.4, -0.2) is 105 Å². The Morgan fingerprint density at radius 1 is 0.900 bits per heavy atom. The first-order valence-corrected chi connectivity index (χ1v) is 9.84. The molecule has 11 nitrogen and oxygen atoms in total. The van der Waals surface area contributed by atoms with Crippen molar-refractivity contribution in [2.75, 3.05) is 52.5 Å². The van der Waals surface area contributed by atoms with Gasteiger partial charge in [0.2, 0.25) is 0 Å². The summed E-state index contributed by atoms with van der Waals surface area (Å²) >= 11 is 0. The first-order valence-electron chi connectivity index (χ1n) is 9.84. The maximum atomic E-state index is 12.9. The Morgan fingerprint density at radius 2 is 1.53 bits per heavy atom. The first-order chi connectivity index (χ1) is 14.5. The lowest BCUT2D eigenvalue weighted by Gasteiger charge is -2.36. The van der Waals surface area contributed by atoms with Crippen LogP contribution in [0, 0.1) is 6.92 Å². The van der Waals surface area contributed by atoms with Gasteiger partial charge < -0.3 is 19.4 Å². The van der Waals surface area contributed by atoms with Crippen molar-refractivity contribution in [3.05, 3.63) is 35.7 Å². The molecule has 0 atom stereocenters. The smallest absolute Gasteiger partial charge is 0.312 e. The van der Waals surface area contributed by atoms with Crippen molar-refractivity contribution in [2.24, 2.45) is 0 Å². The third-order valence-electron chi connectivity index (χ3n) is 5.37. The van der Waals surface area contributed by atoms with E-state index in [9.17, 15) is 14.4 Å². The van der Waals surface area contributed by atoms with E-state index in [1.54, 1.807) is 27.8 Å². The van der Waals surface area contributed by atoms with Crippen molar-refractivity contribution in [1.29, 1.82) is 0 Å². The molecule has 0 aliphatic carbocycles. The summed E-state index contributed by atoms with van der Waals surface area (Å²) in [6.07, 6.45) is 1.50. The van der Waals surface area contributed by atoms with Crippen molar-refractivity contribution in [3.63, 3.8) is 0 Å². The normalized spacial score (nSPS) is 17.2. The molecule has 4 rings (SSSR count). The lowest BCUT2D eigenvalue weighted by molar-refractivity contribution is -0.154. The van der Waals surface area contributed by atoms with E-state index in [4.69, 9.17) is 4.74 Å². The second-order valence-corrected chi connectivity index (χ2v) is 7.24. The minimum atomic E-state index is -0.509. The Labute approximate surface area is 173 Å². The lowest BCUT2D eigenvalue weighted by atomic mass is 10.1. The number of ether oxygens (including phenoxy) is 1. The van der Waals surface area contributed by atoms with Gasteiger partial charge in [-0.2, -0.15) is 0 Å². The summed E-state index contributed by atoms with van der Waals surface area (Å²) in [5.41, 5.74) is 2.24. The third kappa shape index (κ3) is 4.01. The zero-order valence-corrected chi connectivity index (χ0v) is 16.7. The Bertz CT molecular complexity index is 932. The molecule has 0 radical (unpaired) electrons. The number of carbonyl (C=O) groups is 3. The van der Waals surface area contributed by atoms with Crippen LogP contribution in [0.1, 0.15) is 15.9 Å². The maximum absolute atomic E-state index is 12.9. The third-order valence-corrected chi connectivity index (χ3v) is 5.37. The second kappa shape index (κ2) is 8.57. The summed E-state index contributed by atoms with van der Waals surface area (Å²) in [5, 5.41) is 11.1. The van der Waals surface area contributed by atoms with Gasteiger partial charge in [0, 0.05) is 44.8 Å². The number of hydrogen-bond acceptors (Lipinski definition) is 7. The predicted octanol–water partition coefficient (Wildman–Crippen LogP) is -0.886. The molecule has 158 valence electrons. The topological polar surface area (TPSA) is 114 Å². The number of piperazine rings is 1. The largest absolute Gasteiger partial charge is 0.378 e. The molecule has 2 aliphatic heterocycles. The average Bonchev–Trinajstić information content (AvgIpc) is 3.33. The highest BCUT2D eigenvalue weighted by molar-refractivity contribution is 6.34.